The van der Waals surface area contributed by atoms with Crippen LogP contribution in [0.1, 0.15) is 419 Å². The number of hydrogen-bond acceptors (Lipinski definition) is 14. The minimum absolute atomic E-state index is 0.0880. The van der Waals surface area contributed by atoms with Crippen LogP contribution in [0.2, 0.25) is 0 Å². The number of esters is 3. The van der Waals surface area contributed by atoms with Crippen LogP contribution in [0.4, 0.5) is 0 Å². The molecule has 5 unspecified atom stereocenters. The number of phosphoric ester groups is 2. The van der Waals surface area contributed by atoms with Gasteiger partial charge < -0.3 is 34.2 Å². The van der Waals surface area contributed by atoms with E-state index in [1.807, 2.05) is 0 Å². The topological polar surface area (TPSA) is 231 Å². The monoisotopic (exact) mass is 1760 g/mol. The van der Waals surface area contributed by atoms with Gasteiger partial charge in [0.2, 0.25) is 0 Å². The van der Waals surface area contributed by atoms with Crippen molar-refractivity contribution in [3.8, 4) is 0 Å². The van der Waals surface area contributed by atoms with Crippen molar-refractivity contribution in [3.05, 3.63) is 170 Å². The molecule has 0 rings (SSSR count). The maximum absolute atomic E-state index is 13.1. The lowest BCUT2D eigenvalue weighted by molar-refractivity contribution is -0.161. The van der Waals surface area contributed by atoms with Crippen LogP contribution in [0.25, 0.3) is 0 Å². The van der Waals surface area contributed by atoms with E-state index in [-0.39, 0.29) is 19.3 Å². The zero-order valence-corrected chi connectivity index (χ0v) is 79.9. The number of rotatable bonds is 93. The summed E-state index contributed by atoms with van der Waals surface area (Å²) in [6.07, 6.45) is 126. The van der Waals surface area contributed by atoms with Gasteiger partial charge in [-0.3, -0.25) is 32.5 Å². The van der Waals surface area contributed by atoms with Crippen molar-refractivity contribution >= 4 is 33.6 Å². The molecule has 123 heavy (non-hydrogen) atoms. The number of carbonyl (C=O) groups is 3. The van der Waals surface area contributed by atoms with Crippen molar-refractivity contribution in [1.29, 1.82) is 0 Å². The van der Waals surface area contributed by atoms with Crippen LogP contribution in [0.15, 0.2) is 170 Å². The zero-order valence-electron chi connectivity index (χ0n) is 78.1. The van der Waals surface area contributed by atoms with Crippen LogP contribution >= 0.6 is 15.6 Å². The van der Waals surface area contributed by atoms with E-state index in [9.17, 15) is 43.5 Å². The molecule has 0 bridgehead atoms. The third-order valence-corrected chi connectivity index (χ3v) is 22.8. The fourth-order valence-corrected chi connectivity index (χ4v) is 15.1. The van der Waals surface area contributed by atoms with E-state index in [0.29, 0.717) is 19.3 Å². The normalized spacial score (nSPS) is 14.4. The highest BCUT2D eigenvalue weighted by Gasteiger charge is 2.30. The van der Waals surface area contributed by atoms with E-state index in [1.54, 1.807) is 0 Å². The fraction of sp³-hybridized carbons (Fsp3) is 0.705. The molecule has 0 fully saturated rings. The smallest absolute Gasteiger partial charge is 0.463 e. The first-order valence-corrected chi connectivity index (χ1v) is 52.4. The molecule has 706 valence electrons. The van der Waals surface area contributed by atoms with Gasteiger partial charge in [-0.2, -0.15) is 0 Å². The molecule has 0 spiro atoms. The average molecular weight is 1760 g/mol. The Morgan fingerprint density at radius 3 is 0.683 bits per heavy atom. The lowest BCUT2D eigenvalue weighted by atomic mass is 10.0. The van der Waals surface area contributed by atoms with Crippen LogP contribution in [-0.4, -0.2) is 95.9 Å². The van der Waals surface area contributed by atoms with Gasteiger partial charge in [0, 0.05) is 19.3 Å². The molecular formula is C105H180O16P2. The molecule has 16 nitrogen and oxygen atoms in total. The molecule has 18 heteroatoms. The lowest BCUT2D eigenvalue weighted by Crippen LogP contribution is -2.30. The minimum Gasteiger partial charge on any atom is -0.463 e. The largest absolute Gasteiger partial charge is 0.472 e. The lowest BCUT2D eigenvalue weighted by Gasteiger charge is -2.21. The first kappa shape index (κ1) is 118. The summed E-state index contributed by atoms with van der Waals surface area (Å²) in [6.45, 7) is 2.48. The summed E-state index contributed by atoms with van der Waals surface area (Å²) in [4.78, 5) is 59.1. The van der Waals surface area contributed by atoms with Crippen molar-refractivity contribution in [2.75, 3.05) is 39.6 Å². The Morgan fingerprint density at radius 2 is 0.431 bits per heavy atom. The summed E-state index contributed by atoms with van der Waals surface area (Å²) >= 11 is 0. The molecule has 5 atom stereocenters. The van der Waals surface area contributed by atoms with Gasteiger partial charge >= 0.3 is 33.6 Å². The Balaban J connectivity index is 4.55. The van der Waals surface area contributed by atoms with E-state index < -0.39 is 91.5 Å². The zero-order chi connectivity index (χ0) is 89.3. The van der Waals surface area contributed by atoms with Crippen LogP contribution < -0.4 is 0 Å². The summed E-state index contributed by atoms with van der Waals surface area (Å²) in [7, 11) is -9.82. The second-order valence-corrected chi connectivity index (χ2v) is 35.7. The second-order valence-electron chi connectivity index (χ2n) is 32.8. The number of hydrogen-bond donors (Lipinski definition) is 4. The van der Waals surface area contributed by atoms with Gasteiger partial charge in [0.15, 0.2) is 6.10 Å². The first-order valence-electron chi connectivity index (χ1n) is 49.4. The second kappa shape index (κ2) is 96.0. The molecule has 0 aromatic carbocycles. The van der Waals surface area contributed by atoms with E-state index >= 15 is 0 Å². The highest BCUT2D eigenvalue weighted by molar-refractivity contribution is 7.47. The van der Waals surface area contributed by atoms with E-state index in [1.165, 1.54) is 180 Å². The third-order valence-electron chi connectivity index (χ3n) is 20.9. The molecule has 0 aliphatic rings. The predicted octanol–water partition coefficient (Wildman–Crippen LogP) is 31.0. The average Bonchev–Trinajstić information content (AvgIpc) is 0.890. The van der Waals surface area contributed by atoms with Crippen molar-refractivity contribution in [2.45, 2.75) is 437 Å². The molecule has 0 aromatic rings. The van der Waals surface area contributed by atoms with E-state index in [2.05, 4.69) is 191 Å². The number of aliphatic hydroxyl groups is 2. The number of aliphatic hydroxyl groups excluding tert-OH is 2. The van der Waals surface area contributed by atoms with Crippen molar-refractivity contribution in [1.82, 2.24) is 0 Å². The Hall–Kier alpha value is -5.09. The van der Waals surface area contributed by atoms with Crippen LogP contribution in [-0.2, 0) is 55.8 Å². The Bertz CT molecular complexity index is 2920. The number of unbranched alkanes of at least 4 members (excludes halogenated alkanes) is 42. The highest BCUT2D eigenvalue weighted by atomic mass is 31.2. The van der Waals surface area contributed by atoms with E-state index in [4.69, 9.17) is 32.3 Å². The minimum atomic E-state index is -4.95. The number of ether oxygens (including phenoxy) is 3. The molecule has 0 saturated carbocycles. The van der Waals surface area contributed by atoms with Gasteiger partial charge in [0.1, 0.15) is 25.4 Å². The molecule has 0 aliphatic heterocycles. The maximum atomic E-state index is 13.1. The van der Waals surface area contributed by atoms with Gasteiger partial charge in [0.25, 0.3) is 0 Å². The predicted molar refractivity (Wildman–Crippen MR) is 519 cm³/mol. The molecule has 4 N–H and O–H groups in total. The Labute approximate surface area is 752 Å². The van der Waals surface area contributed by atoms with Crippen LogP contribution in [0.3, 0.4) is 0 Å². The number of allylic oxidation sites excluding steroid dienone is 28. The molecule has 0 amide bonds. The maximum Gasteiger partial charge on any atom is 0.472 e. The Kier molecular flexibility index (Phi) is 92.0. The SMILES string of the molecule is CC/C=C\C/C=C\C/C=C\C/C=C\C/C=C\CCCCCCCCCCCCCCCCCCCCCC(=O)OCC(O)COP(=O)(O)OCC(O)COP(=O)(O)OCC(COC(=O)CCCCCCCCCCCCCCC/C=C\C/C=C\C/C=C\C/C=C\CCCCC)OC(=O)CCCCCCCCC/C=C\C/C=C\C/C=C\C/C=C\C/C=C\CC. The molecule has 0 saturated heterocycles. The summed E-state index contributed by atoms with van der Waals surface area (Å²) in [5.41, 5.74) is 0. The number of phosphoric acid groups is 2. The van der Waals surface area contributed by atoms with Crippen molar-refractivity contribution in [3.63, 3.8) is 0 Å². The van der Waals surface area contributed by atoms with Gasteiger partial charge in [-0.15, -0.1) is 0 Å². The quantitative estimate of drug-likeness (QED) is 0.0146. The standard InChI is InChI=1S/C105H180O16P2/c1-4-7-10-13-16-19-22-25-28-31-34-37-40-42-44-46-47-48-49-50-51-53-55-56-59-61-64-67-70-73-76-79-82-85-88-91-103(108)115-94-100(106)95-117-122(111,112)118-96-101(107)97-119-123(113,114)120-99-102(121-105(110)93-90-87-84-81-78-75-72-69-66-63-58-39-36-33-30-27-24-21-18-15-12-9-6-3)98-116-104(109)92-89-86-83-80-77-74-71-68-65-62-60-57-54-52-45-43-41-38-35-32-29-26-23-20-17-14-11-8-5-2/h7,9-10,12,16-21,25-30,34-39,42-45,63,66,100-102,106-107H,4-6,8,11,13-15,22-24,31-33,40-41,46-62,64-65,67-99H2,1-3H3,(H,111,112)(H,113,114)/b10-7-,12-9-,19-16-,20-17-,21-18-,28-25-,29-26-,30-27-,37-34-,38-35-,39-36-,44-42-,45-43-,66-63-. The molecule has 0 aliphatic carbocycles. The van der Waals surface area contributed by atoms with Gasteiger partial charge in [-0.1, -0.05) is 416 Å². The van der Waals surface area contributed by atoms with Crippen LogP contribution in [0, 0.1) is 0 Å². The first-order chi connectivity index (χ1) is 60.2. The third kappa shape index (κ3) is 97.4. The van der Waals surface area contributed by atoms with Gasteiger partial charge in [-0.25, -0.2) is 9.13 Å². The summed E-state index contributed by atoms with van der Waals surface area (Å²) in [5, 5.41) is 20.8. The molecule has 0 radical (unpaired) electrons. The fourth-order valence-electron chi connectivity index (χ4n) is 13.5. The number of carbonyl (C=O) groups excluding carboxylic acids is 3. The summed E-state index contributed by atoms with van der Waals surface area (Å²) in [6, 6.07) is 0. The van der Waals surface area contributed by atoms with E-state index in [0.717, 1.165) is 180 Å². The molecule has 0 aromatic heterocycles. The van der Waals surface area contributed by atoms with Gasteiger partial charge in [-0.05, 0) is 154 Å². The molecule has 0 heterocycles. The van der Waals surface area contributed by atoms with Crippen LogP contribution in [0.5, 0.6) is 0 Å². The highest BCUT2D eigenvalue weighted by Crippen LogP contribution is 2.45. The van der Waals surface area contributed by atoms with Gasteiger partial charge in [0.05, 0.1) is 26.4 Å². The Morgan fingerprint density at radius 1 is 0.236 bits per heavy atom. The van der Waals surface area contributed by atoms with Crippen molar-refractivity contribution in [2.24, 2.45) is 0 Å². The molecular weight excluding hydrogens is 1580 g/mol. The summed E-state index contributed by atoms with van der Waals surface area (Å²) < 4.78 is 61.6. The van der Waals surface area contributed by atoms with Crippen molar-refractivity contribution < 1.29 is 75.8 Å². The summed E-state index contributed by atoms with van der Waals surface area (Å²) in [5.74, 6) is -1.58.